The van der Waals surface area contributed by atoms with E-state index in [1.54, 1.807) is 36.4 Å². The predicted molar refractivity (Wildman–Crippen MR) is 163 cm³/mol. The van der Waals surface area contributed by atoms with Crippen LogP contribution in [0.25, 0.3) is 0 Å². The van der Waals surface area contributed by atoms with Gasteiger partial charge in [-0.1, -0.05) is 18.7 Å². The number of carbonyl (C=O) groups is 1. The molecule has 0 aliphatic carbocycles. The fraction of sp³-hybridized carbons (Fsp3) is 0.296. The van der Waals surface area contributed by atoms with Gasteiger partial charge in [0.1, 0.15) is 11.6 Å². The third-order valence-corrected chi connectivity index (χ3v) is 6.61. The Kier molecular flexibility index (Phi) is 11.5. The van der Waals surface area contributed by atoms with Crippen LogP contribution in [0.2, 0.25) is 0 Å². The van der Waals surface area contributed by atoms with Crippen molar-refractivity contribution in [3.8, 4) is 5.75 Å². The molecule has 0 aliphatic rings. The number of carbonyl (C=O) groups excluding carboxylic acids is 1. The van der Waals surface area contributed by atoms with Gasteiger partial charge >= 0.3 is 0 Å². The third kappa shape index (κ3) is 8.83. The molecule has 1 amide bonds. The van der Waals surface area contributed by atoms with E-state index in [1.807, 2.05) is 30.9 Å². The molecule has 0 radical (unpaired) electrons. The number of halogens is 2. The first-order chi connectivity index (χ1) is 20.0. The lowest BCUT2D eigenvalue weighted by Crippen LogP contribution is -2.31. The molecule has 12 nitrogen and oxygen atoms in total. The van der Waals surface area contributed by atoms with Crippen molar-refractivity contribution in [3.63, 3.8) is 0 Å². The largest absolute Gasteiger partial charge is 0.494 e. The van der Waals surface area contributed by atoms with Crippen molar-refractivity contribution >= 4 is 57.4 Å². The Morgan fingerprint density at radius 3 is 2.48 bits per heavy atom. The summed E-state index contributed by atoms with van der Waals surface area (Å²) < 4.78 is 53.9. The molecule has 1 heterocycles. The summed E-state index contributed by atoms with van der Waals surface area (Å²) >= 11 is -2.68. The molecule has 4 N–H and O–H groups in total. The van der Waals surface area contributed by atoms with Gasteiger partial charge in [0.2, 0.25) is 11.9 Å². The Bertz CT molecular complexity index is 1410. The molecular formula is C27H34F2N8O4S. The van der Waals surface area contributed by atoms with E-state index in [1.165, 1.54) is 25.4 Å². The number of para-hydroxylation sites is 2. The number of ether oxygens (including phenoxy) is 1. The fourth-order valence-corrected chi connectivity index (χ4v) is 4.39. The first-order valence-electron chi connectivity index (χ1n) is 12.7. The van der Waals surface area contributed by atoms with E-state index in [2.05, 4.69) is 32.5 Å². The van der Waals surface area contributed by atoms with Crippen LogP contribution in [0, 0.1) is 0 Å². The number of rotatable bonds is 15. The fourth-order valence-electron chi connectivity index (χ4n) is 3.82. The molecule has 1 atom stereocenters. The van der Waals surface area contributed by atoms with E-state index >= 15 is 0 Å². The summed E-state index contributed by atoms with van der Waals surface area (Å²) in [5.41, 5.74) is 2.05. The number of hydrogen-bond donors (Lipinski definition) is 4. The van der Waals surface area contributed by atoms with Gasteiger partial charge in [0, 0.05) is 32.4 Å². The number of nitrogens with zero attached hydrogens (tertiary/aromatic N) is 5. The molecule has 0 aliphatic heterocycles. The second kappa shape index (κ2) is 15.0. The molecule has 0 spiro atoms. The second-order valence-corrected chi connectivity index (χ2v) is 10.1. The maximum Gasteiger partial charge on any atom is 0.262 e. The first-order valence-corrected chi connectivity index (χ1v) is 13.7. The van der Waals surface area contributed by atoms with Crippen molar-refractivity contribution in [2.75, 3.05) is 73.0 Å². The Hall–Kier alpha value is -4.34. The number of alkyl halides is 2. The standard InChI is InChI=1S/C27H34F2N8O4S/c1-6-26(38)32-19-15-20(23(41-5)16-22(19)36(4)14-13-35(2)3)33-27-30-12-11-25(34-27)31-18-9-7-8-10-21(18)37(42(39)40)17-24(28)29/h6-12,15-16,24H,1,13-14,17H2,2-5H3,(H,32,38)(H,39,40)(H2,30,31,33,34). The van der Waals surface area contributed by atoms with Crippen LogP contribution in [0.1, 0.15) is 0 Å². The van der Waals surface area contributed by atoms with Gasteiger partial charge in [-0.3, -0.25) is 13.7 Å². The van der Waals surface area contributed by atoms with Crippen LogP contribution in [0.5, 0.6) is 5.75 Å². The summed E-state index contributed by atoms with van der Waals surface area (Å²) in [6, 6.07) is 11.2. The normalized spacial score (nSPS) is 11.6. The van der Waals surface area contributed by atoms with Crippen LogP contribution in [-0.4, -0.2) is 83.8 Å². The monoisotopic (exact) mass is 604 g/mol. The molecule has 3 rings (SSSR count). The number of anilines is 7. The van der Waals surface area contributed by atoms with Gasteiger partial charge in [-0.2, -0.15) is 4.98 Å². The molecule has 0 saturated heterocycles. The van der Waals surface area contributed by atoms with Gasteiger partial charge in [-0.05, 0) is 44.4 Å². The zero-order valence-electron chi connectivity index (χ0n) is 23.7. The van der Waals surface area contributed by atoms with Gasteiger partial charge in [0.15, 0.2) is 0 Å². The van der Waals surface area contributed by atoms with Gasteiger partial charge in [-0.15, -0.1) is 0 Å². The minimum Gasteiger partial charge on any atom is -0.494 e. The lowest BCUT2D eigenvalue weighted by atomic mass is 10.2. The zero-order valence-corrected chi connectivity index (χ0v) is 24.5. The maximum atomic E-state index is 13.1. The summed E-state index contributed by atoms with van der Waals surface area (Å²) in [6.07, 6.45) is -0.192. The van der Waals surface area contributed by atoms with Crippen LogP contribution in [-0.2, 0) is 16.1 Å². The van der Waals surface area contributed by atoms with Crippen molar-refractivity contribution in [1.29, 1.82) is 0 Å². The van der Waals surface area contributed by atoms with Gasteiger partial charge in [-0.25, -0.2) is 18.0 Å². The van der Waals surface area contributed by atoms with E-state index in [-0.39, 0.29) is 29.0 Å². The molecule has 42 heavy (non-hydrogen) atoms. The van der Waals surface area contributed by atoms with E-state index < -0.39 is 24.2 Å². The summed E-state index contributed by atoms with van der Waals surface area (Å²) in [5.74, 6) is 0.499. The van der Waals surface area contributed by atoms with Crippen molar-refractivity contribution in [2.24, 2.45) is 0 Å². The first kappa shape index (κ1) is 32.2. The Morgan fingerprint density at radius 2 is 1.83 bits per heavy atom. The molecule has 0 saturated carbocycles. The molecule has 2 aromatic carbocycles. The third-order valence-electron chi connectivity index (χ3n) is 5.88. The second-order valence-electron chi connectivity index (χ2n) is 9.20. The minimum atomic E-state index is -2.83. The van der Waals surface area contributed by atoms with Crippen molar-refractivity contribution in [2.45, 2.75) is 6.43 Å². The molecule has 0 fully saturated rings. The zero-order chi connectivity index (χ0) is 30.8. The molecule has 15 heteroatoms. The summed E-state index contributed by atoms with van der Waals surface area (Å²) in [7, 11) is 7.35. The van der Waals surface area contributed by atoms with E-state index in [4.69, 9.17) is 4.74 Å². The topological polar surface area (TPSA) is 135 Å². The molecule has 1 unspecified atom stereocenters. The number of methoxy groups -OCH3 is 1. The molecule has 3 aromatic rings. The highest BCUT2D eigenvalue weighted by Crippen LogP contribution is 2.38. The molecule has 0 bridgehead atoms. The Balaban J connectivity index is 1.94. The lowest BCUT2D eigenvalue weighted by Gasteiger charge is -2.26. The van der Waals surface area contributed by atoms with Crippen molar-refractivity contribution < 1.29 is 27.1 Å². The van der Waals surface area contributed by atoms with Crippen LogP contribution in [0.3, 0.4) is 0 Å². The highest BCUT2D eigenvalue weighted by atomic mass is 32.2. The van der Waals surface area contributed by atoms with E-state index in [0.29, 0.717) is 28.0 Å². The van der Waals surface area contributed by atoms with E-state index in [0.717, 1.165) is 12.2 Å². The number of amides is 1. The van der Waals surface area contributed by atoms with Crippen molar-refractivity contribution in [3.05, 3.63) is 61.3 Å². The van der Waals surface area contributed by atoms with Crippen LogP contribution in [0.4, 0.5) is 49.0 Å². The SMILES string of the molecule is C=CC(=O)Nc1cc(Nc2nccc(Nc3ccccc3N(CC(F)F)S(=O)O)n2)c(OC)cc1N(C)CCN(C)C. The quantitative estimate of drug-likeness (QED) is 0.147. The number of nitrogens with one attached hydrogen (secondary N) is 3. The van der Waals surface area contributed by atoms with Crippen LogP contribution in [0.15, 0.2) is 61.3 Å². The smallest absolute Gasteiger partial charge is 0.262 e. The summed E-state index contributed by atoms with van der Waals surface area (Å²) in [6.45, 7) is 4.04. The van der Waals surface area contributed by atoms with Crippen LogP contribution < -0.4 is 29.9 Å². The highest BCUT2D eigenvalue weighted by molar-refractivity contribution is 7.80. The van der Waals surface area contributed by atoms with Gasteiger partial charge < -0.3 is 30.5 Å². The van der Waals surface area contributed by atoms with Crippen molar-refractivity contribution in [1.82, 2.24) is 14.9 Å². The maximum absolute atomic E-state index is 13.1. The lowest BCUT2D eigenvalue weighted by molar-refractivity contribution is -0.111. The molecule has 1 aromatic heterocycles. The number of aromatic nitrogens is 2. The number of likely N-dealkylation sites (N-methyl/N-ethyl adjacent to an activating group) is 2. The van der Waals surface area contributed by atoms with E-state index in [9.17, 15) is 22.3 Å². The number of benzene rings is 2. The highest BCUT2D eigenvalue weighted by Gasteiger charge is 2.21. The predicted octanol–water partition coefficient (Wildman–Crippen LogP) is 4.30. The average Bonchev–Trinajstić information content (AvgIpc) is 2.95. The Morgan fingerprint density at radius 1 is 1.10 bits per heavy atom. The molecular weight excluding hydrogens is 570 g/mol. The molecule has 226 valence electrons. The number of hydrogen-bond acceptors (Lipinski definition) is 9. The summed E-state index contributed by atoms with van der Waals surface area (Å²) in [4.78, 5) is 24.9. The average molecular weight is 605 g/mol. The summed E-state index contributed by atoms with van der Waals surface area (Å²) in [5, 5.41) is 8.91. The Labute approximate surface area is 245 Å². The minimum absolute atomic E-state index is 0.0880. The van der Waals surface area contributed by atoms with Crippen LogP contribution >= 0.6 is 0 Å². The van der Waals surface area contributed by atoms with Gasteiger partial charge in [0.05, 0.1) is 42.1 Å². The van der Waals surface area contributed by atoms with Gasteiger partial charge in [0.25, 0.3) is 17.7 Å².